The summed E-state index contributed by atoms with van der Waals surface area (Å²) in [6.45, 7) is 11.9. The molecule has 11 heteroatoms. The van der Waals surface area contributed by atoms with Gasteiger partial charge in [-0.25, -0.2) is 4.79 Å². The van der Waals surface area contributed by atoms with Gasteiger partial charge in [-0.2, -0.15) is 0 Å². The van der Waals surface area contributed by atoms with Crippen LogP contribution < -0.4 is 11.2 Å². The minimum absolute atomic E-state index is 0.0198. The highest BCUT2D eigenvalue weighted by atomic mass is 32.9. The van der Waals surface area contributed by atoms with Crippen molar-refractivity contribution in [2.75, 3.05) is 0 Å². The first kappa shape index (κ1) is 24.4. The van der Waals surface area contributed by atoms with Crippen molar-refractivity contribution in [1.29, 1.82) is 0 Å². The predicted molar refractivity (Wildman–Crippen MR) is 128 cm³/mol. The Morgan fingerprint density at radius 2 is 2.25 bits per heavy atom. The number of allylic oxidation sites excluding steroid dienone is 1. The topological polar surface area (TPSA) is 103 Å². The van der Waals surface area contributed by atoms with E-state index in [0.29, 0.717) is 17.9 Å². The van der Waals surface area contributed by atoms with Crippen molar-refractivity contribution in [1.82, 2.24) is 9.55 Å². The highest BCUT2D eigenvalue weighted by Gasteiger charge is 2.56. The van der Waals surface area contributed by atoms with Crippen molar-refractivity contribution in [2.24, 2.45) is 5.92 Å². The molecule has 2 N–H and O–H groups in total. The fourth-order valence-electron chi connectivity index (χ4n) is 4.77. The van der Waals surface area contributed by atoms with Crippen LogP contribution in [0.4, 0.5) is 0 Å². The molecular formula is C21H31N2O6PS2. The molecule has 0 spiro atoms. The molecule has 2 saturated heterocycles. The molecule has 3 fully saturated rings. The minimum Gasteiger partial charge on any atom is -0.386 e. The molecule has 3 aliphatic rings. The number of H-pyrrole nitrogens is 1. The van der Waals surface area contributed by atoms with E-state index in [4.69, 9.17) is 25.6 Å². The summed E-state index contributed by atoms with van der Waals surface area (Å²) in [5, 5.41) is 11.1. The second-order valence-corrected chi connectivity index (χ2v) is 15.8. The maximum Gasteiger partial charge on any atom is 0.330 e. The average molecular weight is 503 g/mol. The zero-order chi connectivity index (χ0) is 23.4. The summed E-state index contributed by atoms with van der Waals surface area (Å²) in [6, 6.07) is 0. The second-order valence-electron chi connectivity index (χ2n) is 9.28. The molecule has 0 radical (unpaired) electrons. The first-order valence-electron chi connectivity index (χ1n) is 10.9. The lowest BCUT2D eigenvalue weighted by atomic mass is 9.77. The highest BCUT2D eigenvalue weighted by Crippen LogP contribution is 2.76. The van der Waals surface area contributed by atoms with Gasteiger partial charge in [-0.05, 0) is 64.2 Å². The van der Waals surface area contributed by atoms with Gasteiger partial charge in [0.1, 0.15) is 12.2 Å². The third kappa shape index (κ3) is 4.35. The third-order valence-electron chi connectivity index (χ3n) is 6.83. The summed E-state index contributed by atoms with van der Waals surface area (Å²) in [6.07, 6.45) is 1.53. The van der Waals surface area contributed by atoms with Crippen molar-refractivity contribution >= 4 is 28.9 Å². The fourth-order valence-corrected chi connectivity index (χ4v) is 12.3. The molecule has 4 rings (SSSR count). The van der Waals surface area contributed by atoms with Crippen LogP contribution in [0.15, 0.2) is 27.9 Å². The average Bonchev–Trinajstić information content (AvgIpc) is 3.16. The molecule has 0 unspecified atom stereocenters. The Hall–Kier alpha value is -0.740. The van der Waals surface area contributed by atoms with Crippen molar-refractivity contribution in [3.63, 3.8) is 0 Å². The number of rotatable bonds is 5. The van der Waals surface area contributed by atoms with E-state index in [-0.39, 0.29) is 10.9 Å². The molecule has 3 heterocycles. The molecule has 0 amide bonds. The number of aromatic nitrogens is 2. The van der Waals surface area contributed by atoms with Crippen molar-refractivity contribution < 1.29 is 18.9 Å². The highest BCUT2D eigenvalue weighted by molar-refractivity contribution is 8.68. The summed E-state index contributed by atoms with van der Waals surface area (Å²) in [7, 11) is 0. The normalized spacial score (nSPS) is 41.5. The molecule has 0 bridgehead atoms. The Labute approximate surface area is 196 Å². The number of nitrogens with one attached hydrogen (secondary N) is 1. The van der Waals surface area contributed by atoms with Gasteiger partial charge in [0.15, 0.2) is 6.23 Å². The van der Waals surface area contributed by atoms with E-state index in [0.717, 1.165) is 24.8 Å². The molecule has 1 saturated carbocycles. The fraction of sp³-hybridized carbons (Fsp3) is 0.714. The maximum atomic E-state index is 12.4. The number of aliphatic hydroxyl groups is 1. The zero-order valence-corrected chi connectivity index (χ0v) is 21.3. The van der Waals surface area contributed by atoms with Gasteiger partial charge in [0, 0.05) is 16.5 Å². The van der Waals surface area contributed by atoms with Gasteiger partial charge in [0.05, 0.1) is 12.2 Å². The van der Waals surface area contributed by atoms with E-state index in [1.54, 1.807) is 18.3 Å². The lowest BCUT2D eigenvalue weighted by Gasteiger charge is -2.37. The van der Waals surface area contributed by atoms with Gasteiger partial charge in [0.25, 0.3) is 5.56 Å². The number of hydrogen-bond donors (Lipinski definition) is 2. The lowest BCUT2D eigenvalue weighted by Crippen LogP contribution is -2.39. The SMILES string of the molecule is C=C(C)[C@@H]1CC[C@]2(C)S[P@@](=S)(O[C@H]3[C@@H](O)[C@H](n4cc(C)c(=O)[nH]c4=O)O[C@@H]3CC)O[C@H]2C1. The molecule has 8 nitrogen and oxygen atoms in total. The summed E-state index contributed by atoms with van der Waals surface area (Å²) in [4.78, 5) is 26.3. The predicted octanol–water partition coefficient (Wildman–Crippen LogP) is 3.39. The first-order chi connectivity index (χ1) is 15.0. The monoisotopic (exact) mass is 502 g/mol. The lowest BCUT2D eigenvalue weighted by molar-refractivity contribution is -0.0405. The van der Waals surface area contributed by atoms with Crippen LogP contribution >= 0.6 is 17.1 Å². The van der Waals surface area contributed by atoms with E-state index < -0.39 is 41.5 Å². The summed E-state index contributed by atoms with van der Waals surface area (Å²) in [5.74, 6) is 0.416. The molecule has 178 valence electrons. The molecular weight excluding hydrogens is 471 g/mol. The van der Waals surface area contributed by atoms with Crippen LogP contribution in [0.1, 0.15) is 58.2 Å². The molecule has 8 atom stereocenters. The smallest absolute Gasteiger partial charge is 0.330 e. The van der Waals surface area contributed by atoms with Gasteiger partial charge < -0.3 is 18.9 Å². The van der Waals surface area contributed by atoms with Crippen LogP contribution in [0.2, 0.25) is 0 Å². The Bertz CT molecular complexity index is 1070. The van der Waals surface area contributed by atoms with Crippen LogP contribution in [0.3, 0.4) is 0 Å². The number of aromatic amines is 1. The van der Waals surface area contributed by atoms with E-state index >= 15 is 0 Å². The molecule has 32 heavy (non-hydrogen) atoms. The van der Waals surface area contributed by atoms with E-state index in [2.05, 4.69) is 25.4 Å². The number of nitrogens with zero attached hydrogens (tertiary/aromatic N) is 1. The number of fused-ring (bicyclic) bond motifs is 1. The Morgan fingerprint density at radius 1 is 1.53 bits per heavy atom. The third-order valence-corrected chi connectivity index (χ3v) is 12.6. The Morgan fingerprint density at radius 3 is 2.91 bits per heavy atom. The molecule has 1 aliphatic carbocycles. The standard InChI is InChI=1S/C21H31N2O6PS2/c1-6-14-17(16(24)19(27-14)23-10-12(4)18(25)22-20(23)26)29-30(31)28-15-9-13(11(2)3)7-8-21(15,5)32-30/h10,13-17,19,24H,2,6-9H2,1,3-5H3,(H,22,25,26)/t13-,14-,15+,16-,17-,19-,21+,30-/m1/s1. The number of ether oxygens (including phenoxy) is 1. The maximum absolute atomic E-state index is 12.4. The van der Waals surface area contributed by atoms with Crippen molar-refractivity contribution in [3.05, 3.63) is 44.8 Å². The number of aliphatic hydroxyl groups excluding tert-OH is 1. The molecule has 0 aromatic carbocycles. The quantitative estimate of drug-likeness (QED) is 0.467. The van der Waals surface area contributed by atoms with Crippen molar-refractivity contribution in [3.8, 4) is 0 Å². The van der Waals surface area contributed by atoms with Gasteiger partial charge in [-0.3, -0.25) is 14.3 Å². The second kappa shape index (κ2) is 8.80. The number of hydrogen-bond acceptors (Lipinski definition) is 8. The largest absolute Gasteiger partial charge is 0.386 e. The summed E-state index contributed by atoms with van der Waals surface area (Å²) < 4.78 is 19.8. The molecule has 1 aromatic heterocycles. The zero-order valence-electron chi connectivity index (χ0n) is 18.8. The van der Waals surface area contributed by atoms with Gasteiger partial charge in [0.2, 0.25) is 5.69 Å². The first-order valence-corrected chi connectivity index (χ1v) is 15.0. The Balaban J connectivity index is 1.56. The van der Waals surface area contributed by atoms with E-state index in [1.165, 1.54) is 10.8 Å². The van der Waals surface area contributed by atoms with E-state index in [9.17, 15) is 14.7 Å². The summed E-state index contributed by atoms with van der Waals surface area (Å²) in [5.41, 5.74) is -2.34. The molecule has 1 aromatic rings. The van der Waals surface area contributed by atoms with Crippen LogP contribution in [0.25, 0.3) is 0 Å². The van der Waals surface area contributed by atoms with Crippen LogP contribution in [-0.2, 0) is 25.6 Å². The van der Waals surface area contributed by atoms with Gasteiger partial charge >= 0.3 is 5.69 Å². The van der Waals surface area contributed by atoms with Gasteiger partial charge in [-0.15, -0.1) is 0 Å². The van der Waals surface area contributed by atoms with Crippen LogP contribution in [-0.4, -0.2) is 43.8 Å². The van der Waals surface area contributed by atoms with Gasteiger partial charge in [-0.1, -0.05) is 30.5 Å². The number of aryl methyl sites for hydroxylation is 1. The van der Waals surface area contributed by atoms with E-state index in [1.807, 2.05) is 6.92 Å². The van der Waals surface area contributed by atoms with Crippen LogP contribution in [0.5, 0.6) is 0 Å². The molecule has 2 aliphatic heterocycles. The van der Waals surface area contributed by atoms with Crippen LogP contribution in [0, 0.1) is 12.8 Å². The minimum atomic E-state index is -2.75. The van der Waals surface area contributed by atoms with Crippen molar-refractivity contribution in [2.45, 2.75) is 88.8 Å². The summed E-state index contributed by atoms with van der Waals surface area (Å²) >= 11 is 7.48. The Kier molecular flexibility index (Phi) is 6.71.